The Morgan fingerprint density at radius 2 is 0.922 bits per heavy atom. The molecule has 0 aliphatic carbocycles. The van der Waals surface area contributed by atoms with Crippen molar-refractivity contribution in [1.82, 2.24) is 5.32 Å². The van der Waals surface area contributed by atoms with E-state index in [9.17, 15) is 30.3 Å². The normalized spacial score (nSPS) is 20.3. The smallest absolute Gasteiger partial charge is 0.220 e. The van der Waals surface area contributed by atoms with Crippen molar-refractivity contribution < 1.29 is 39.8 Å². The zero-order chi connectivity index (χ0) is 46.6. The van der Waals surface area contributed by atoms with Crippen LogP contribution in [-0.4, -0.2) is 87.5 Å². The van der Waals surface area contributed by atoms with E-state index in [4.69, 9.17) is 9.47 Å². The van der Waals surface area contributed by atoms with Crippen LogP contribution in [0.3, 0.4) is 0 Å². The molecule has 6 N–H and O–H groups in total. The molecule has 0 bridgehead atoms. The summed E-state index contributed by atoms with van der Waals surface area (Å²) in [6, 6.07) is -0.803. The Labute approximate surface area is 393 Å². The number of aliphatic hydroxyl groups is 5. The zero-order valence-corrected chi connectivity index (χ0v) is 41.5. The van der Waals surface area contributed by atoms with Crippen molar-refractivity contribution in [1.29, 1.82) is 0 Å². The summed E-state index contributed by atoms with van der Waals surface area (Å²) < 4.78 is 11.2. The minimum Gasteiger partial charge on any atom is -0.394 e. The molecule has 9 heteroatoms. The van der Waals surface area contributed by atoms with Gasteiger partial charge in [0, 0.05) is 6.42 Å². The maximum absolute atomic E-state index is 13.0. The minimum atomic E-state index is -1.56. The standard InChI is InChI=1S/C55H103NO8/c1-3-5-7-9-11-13-15-17-19-20-21-22-23-24-25-26-27-28-29-30-31-33-35-37-39-41-43-45-51(59)56-48(47-63-55-54(62)53(61)52(60)50(46-57)64-55)49(58)44-42-40-38-36-34-32-18-16-14-12-10-8-6-4-2/h15,17,20-21,42,44,48-50,52-55,57-58,60-62H,3-14,16,18-19,22-41,43,45-47H2,1-2H3,(H,56,59)/b17-15-,21-20-,44-42+. The van der Waals surface area contributed by atoms with Gasteiger partial charge in [0.25, 0.3) is 0 Å². The molecule has 0 saturated carbocycles. The zero-order valence-electron chi connectivity index (χ0n) is 41.5. The van der Waals surface area contributed by atoms with Crippen LogP contribution in [0.15, 0.2) is 36.5 Å². The average Bonchev–Trinajstić information content (AvgIpc) is 3.29. The predicted molar refractivity (Wildman–Crippen MR) is 267 cm³/mol. The molecule has 1 fully saturated rings. The van der Waals surface area contributed by atoms with Gasteiger partial charge < -0.3 is 40.3 Å². The Bertz CT molecular complexity index is 1100. The number of aliphatic hydroxyl groups excluding tert-OH is 5. The van der Waals surface area contributed by atoms with E-state index in [0.717, 1.165) is 44.9 Å². The molecule has 64 heavy (non-hydrogen) atoms. The van der Waals surface area contributed by atoms with E-state index in [1.807, 2.05) is 6.08 Å². The van der Waals surface area contributed by atoms with Gasteiger partial charge in [0.05, 0.1) is 25.4 Å². The van der Waals surface area contributed by atoms with Gasteiger partial charge in [0.2, 0.25) is 5.91 Å². The van der Waals surface area contributed by atoms with Crippen molar-refractivity contribution in [3.8, 4) is 0 Å². The molecule has 0 spiro atoms. The lowest BCUT2D eigenvalue weighted by molar-refractivity contribution is -0.302. The van der Waals surface area contributed by atoms with Crippen molar-refractivity contribution >= 4 is 5.91 Å². The lowest BCUT2D eigenvalue weighted by Crippen LogP contribution is -2.60. The summed E-state index contributed by atoms with van der Waals surface area (Å²) in [4.78, 5) is 13.0. The maximum atomic E-state index is 13.0. The van der Waals surface area contributed by atoms with E-state index >= 15 is 0 Å². The number of carbonyl (C=O) groups is 1. The molecule has 7 unspecified atom stereocenters. The Morgan fingerprint density at radius 3 is 1.34 bits per heavy atom. The van der Waals surface area contributed by atoms with Crippen LogP contribution in [-0.2, 0) is 14.3 Å². The number of ether oxygens (including phenoxy) is 2. The molecule has 1 aliphatic rings. The van der Waals surface area contributed by atoms with Crippen LogP contribution in [0.4, 0.5) is 0 Å². The largest absolute Gasteiger partial charge is 0.394 e. The van der Waals surface area contributed by atoms with Crippen molar-refractivity contribution in [2.45, 2.75) is 294 Å². The number of hydrogen-bond acceptors (Lipinski definition) is 8. The fourth-order valence-corrected chi connectivity index (χ4v) is 8.60. The van der Waals surface area contributed by atoms with Gasteiger partial charge in [0.15, 0.2) is 6.29 Å². The summed E-state index contributed by atoms with van der Waals surface area (Å²) in [7, 11) is 0. The number of allylic oxidation sites excluding steroid dienone is 5. The van der Waals surface area contributed by atoms with Gasteiger partial charge >= 0.3 is 0 Å². The third-order valence-electron chi connectivity index (χ3n) is 13.0. The molecule has 1 aliphatic heterocycles. The van der Waals surface area contributed by atoms with Crippen LogP contribution < -0.4 is 5.32 Å². The van der Waals surface area contributed by atoms with Crippen molar-refractivity contribution in [3.05, 3.63) is 36.5 Å². The van der Waals surface area contributed by atoms with Crippen LogP contribution in [0.5, 0.6) is 0 Å². The first kappa shape index (κ1) is 60.4. The Hall–Kier alpha value is -1.59. The summed E-state index contributed by atoms with van der Waals surface area (Å²) in [5.41, 5.74) is 0. The lowest BCUT2D eigenvalue weighted by atomic mass is 9.99. The molecular weight excluding hydrogens is 803 g/mol. The molecule has 7 atom stereocenters. The van der Waals surface area contributed by atoms with Gasteiger partial charge in [-0.3, -0.25) is 4.79 Å². The van der Waals surface area contributed by atoms with Gasteiger partial charge in [-0.1, -0.05) is 230 Å². The monoisotopic (exact) mass is 906 g/mol. The molecular formula is C55H103NO8. The number of amides is 1. The first-order valence-electron chi connectivity index (χ1n) is 27.2. The van der Waals surface area contributed by atoms with E-state index in [1.165, 1.54) is 186 Å². The average molecular weight is 906 g/mol. The number of unbranched alkanes of at least 4 members (excludes halogenated alkanes) is 32. The Morgan fingerprint density at radius 1 is 0.531 bits per heavy atom. The minimum absolute atomic E-state index is 0.176. The summed E-state index contributed by atoms with van der Waals surface area (Å²) in [6.07, 6.45) is 50.6. The fraction of sp³-hybridized carbons (Fsp3) is 0.873. The van der Waals surface area contributed by atoms with Gasteiger partial charge in [-0.05, 0) is 51.4 Å². The molecule has 376 valence electrons. The Balaban J connectivity index is 2.20. The molecule has 1 saturated heterocycles. The van der Waals surface area contributed by atoms with E-state index < -0.39 is 49.5 Å². The summed E-state index contributed by atoms with van der Waals surface area (Å²) >= 11 is 0. The molecule has 1 amide bonds. The van der Waals surface area contributed by atoms with E-state index in [-0.39, 0.29) is 12.5 Å². The van der Waals surface area contributed by atoms with E-state index in [1.54, 1.807) is 6.08 Å². The van der Waals surface area contributed by atoms with Gasteiger partial charge in [-0.15, -0.1) is 0 Å². The third kappa shape index (κ3) is 34.7. The van der Waals surface area contributed by atoms with E-state index in [0.29, 0.717) is 6.42 Å². The van der Waals surface area contributed by atoms with E-state index in [2.05, 4.69) is 43.5 Å². The number of rotatable bonds is 46. The number of carbonyl (C=O) groups excluding carboxylic acids is 1. The Kier molecular flexibility index (Phi) is 42.7. The van der Waals surface area contributed by atoms with Gasteiger partial charge in [0.1, 0.15) is 24.4 Å². The maximum Gasteiger partial charge on any atom is 0.220 e. The SMILES string of the molecule is CCCCCCC/C=C\C/C=C\CCCCCCCCCCCCCCCCCC(=O)NC(COC1OC(CO)C(O)C(O)C1O)C(O)/C=C/CCCCCCCCCCCCCC. The van der Waals surface area contributed by atoms with Crippen LogP contribution in [0.25, 0.3) is 0 Å². The van der Waals surface area contributed by atoms with Crippen molar-refractivity contribution in [3.63, 3.8) is 0 Å². The third-order valence-corrected chi connectivity index (χ3v) is 13.0. The van der Waals surface area contributed by atoms with Crippen LogP contribution in [0, 0.1) is 0 Å². The lowest BCUT2D eigenvalue weighted by Gasteiger charge is -2.40. The highest BCUT2D eigenvalue weighted by Crippen LogP contribution is 2.23. The molecule has 1 rings (SSSR count). The van der Waals surface area contributed by atoms with Crippen LogP contribution in [0.2, 0.25) is 0 Å². The summed E-state index contributed by atoms with van der Waals surface area (Å²) in [5.74, 6) is -0.176. The number of nitrogens with one attached hydrogen (secondary N) is 1. The van der Waals surface area contributed by atoms with Crippen LogP contribution >= 0.6 is 0 Å². The second kappa shape index (κ2) is 45.2. The van der Waals surface area contributed by atoms with Gasteiger partial charge in [-0.2, -0.15) is 0 Å². The summed E-state index contributed by atoms with van der Waals surface area (Å²) in [5, 5.41) is 54.4. The fourth-order valence-electron chi connectivity index (χ4n) is 8.60. The molecule has 0 radical (unpaired) electrons. The van der Waals surface area contributed by atoms with Crippen molar-refractivity contribution in [2.24, 2.45) is 0 Å². The first-order chi connectivity index (χ1) is 31.3. The second-order valence-corrected chi connectivity index (χ2v) is 19.0. The first-order valence-corrected chi connectivity index (χ1v) is 27.2. The molecule has 9 nitrogen and oxygen atoms in total. The molecule has 0 aromatic carbocycles. The number of hydrogen-bond donors (Lipinski definition) is 6. The molecule has 1 heterocycles. The van der Waals surface area contributed by atoms with Crippen molar-refractivity contribution in [2.75, 3.05) is 13.2 Å². The predicted octanol–water partition coefficient (Wildman–Crippen LogP) is 12.8. The quantitative estimate of drug-likeness (QED) is 0.0261. The van der Waals surface area contributed by atoms with Crippen LogP contribution in [0.1, 0.15) is 251 Å². The molecule has 0 aromatic heterocycles. The molecule has 0 aromatic rings. The topological polar surface area (TPSA) is 149 Å². The second-order valence-electron chi connectivity index (χ2n) is 19.0. The highest BCUT2D eigenvalue weighted by Gasteiger charge is 2.44. The summed E-state index contributed by atoms with van der Waals surface area (Å²) in [6.45, 7) is 3.78. The highest BCUT2D eigenvalue weighted by atomic mass is 16.7. The highest BCUT2D eigenvalue weighted by molar-refractivity contribution is 5.76. The van der Waals surface area contributed by atoms with Gasteiger partial charge in [-0.25, -0.2) is 0 Å².